The lowest BCUT2D eigenvalue weighted by molar-refractivity contribution is 0.101. The molecule has 1 heterocycles. The molecule has 0 saturated heterocycles. The molecule has 0 aromatic heterocycles. The fourth-order valence-corrected chi connectivity index (χ4v) is 2.99. The Morgan fingerprint density at radius 1 is 1.21 bits per heavy atom. The molecule has 6 heteroatoms. The van der Waals surface area contributed by atoms with E-state index in [4.69, 9.17) is 27.9 Å². The van der Waals surface area contributed by atoms with Crippen LogP contribution < -0.4 is 4.74 Å². The predicted octanol–water partition coefficient (Wildman–Crippen LogP) is 4.38. The number of Topliss-reactive ketones (excluding diaryl/α,β-unsaturated/α-hetero) is 1. The molecule has 1 aliphatic rings. The highest BCUT2D eigenvalue weighted by molar-refractivity contribution is 6.35. The van der Waals surface area contributed by atoms with Crippen molar-refractivity contribution in [3.8, 4) is 11.5 Å². The minimum absolute atomic E-state index is 0.0982. The largest absolute Gasteiger partial charge is 0.507 e. The van der Waals surface area contributed by atoms with Gasteiger partial charge in [-0.05, 0) is 50.0 Å². The number of ketones is 1. The first-order valence-electron chi connectivity index (χ1n) is 7.25. The molecular formula is C18H15Cl2NO3. The third-order valence-corrected chi connectivity index (χ3v) is 4.20. The van der Waals surface area contributed by atoms with Crippen molar-refractivity contribution in [2.75, 3.05) is 14.1 Å². The lowest BCUT2D eigenvalue weighted by atomic mass is 10.0. The minimum atomic E-state index is -0.240. The Hall–Kier alpha value is -2.01. The Bertz CT molecular complexity index is 860. The highest BCUT2D eigenvalue weighted by Gasteiger charge is 2.31. The van der Waals surface area contributed by atoms with E-state index in [1.807, 2.05) is 19.0 Å². The number of carbonyl (C=O) groups is 1. The second-order valence-electron chi connectivity index (χ2n) is 5.78. The maximum Gasteiger partial charge on any atom is 0.231 e. The summed E-state index contributed by atoms with van der Waals surface area (Å²) >= 11 is 12.0. The first-order valence-corrected chi connectivity index (χ1v) is 8.01. The Balaban J connectivity index is 2.03. The zero-order chi connectivity index (χ0) is 17.4. The minimum Gasteiger partial charge on any atom is -0.507 e. The highest BCUT2D eigenvalue weighted by Crippen LogP contribution is 2.40. The first-order chi connectivity index (χ1) is 11.4. The maximum atomic E-state index is 12.6. The van der Waals surface area contributed by atoms with E-state index in [2.05, 4.69) is 0 Å². The van der Waals surface area contributed by atoms with Crippen molar-refractivity contribution < 1.29 is 14.6 Å². The zero-order valence-corrected chi connectivity index (χ0v) is 14.6. The molecule has 0 bridgehead atoms. The summed E-state index contributed by atoms with van der Waals surface area (Å²) in [7, 11) is 3.75. The molecule has 1 aliphatic heterocycles. The predicted molar refractivity (Wildman–Crippen MR) is 94.9 cm³/mol. The molecule has 1 N–H and O–H groups in total. The Kier molecular flexibility index (Phi) is 4.54. The van der Waals surface area contributed by atoms with Crippen molar-refractivity contribution in [2.24, 2.45) is 0 Å². The van der Waals surface area contributed by atoms with Gasteiger partial charge in [-0.25, -0.2) is 0 Å². The number of nitrogens with zero attached hydrogens (tertiary/aromatic N) is 1. The standard InChI is InChI=1S/C18H15Cl2NO3/c1-21(2)9-13-15(22)6-5-12-17(23)16(24-18(12)13)7-10-3-4-11(19)8-14(10)20/h3-8,22H,9H2,1-2H3/b16-7-. The average Bonchev–Trinajstić information content (AvgIpc) is 2.82. The molecule has 0 atom stereocenters. The van der Waals surface area contributed by atoms with E-state index in [1.165, 1.54) is 6.07 Å². The molecule has 0 spiro atoms. The summed E-state index contributed by atoms with van der Waals surface area (Å²) in [5, 5.41) is 11.0. The van der Waals surface area contributed by atoms with Gasteiger partial charge in [-0.2, -0.15) is 0 Å². The molecule has 2 aromatic rings. The van der Waals surface area contributed by atoms with E-state index in [1.54, 1.807) is 30.3 Å². The third-order valence-electron chi connectivity index (χ3n) is 3.64. The molecule has 0 saturated carbocycles. The molecule has 0 fully saturated rings. The number of aromatic hydroxyl groups is 1. The monoisotopic (exact) mass is 363 g/mol. The quantitative estimate of drug-likeness (QED) is 0.822. The van der Waals surface area contributed by atoms with Gasteiger partial charge in [-0.3, -0.25) is 4.79 Å². The van der Waals surface area contributed by atoms with Crippen molar-refractivity contribution >= 4 is 35.1 Å². The van der Waals surface area contributed by atoms with Crippen LogP contribution >= 0.6 is 23.2 Å². The third kappa shape index (κ3) is 3.13. The van der Waals surface area contributed by atoms with E-state index in [-0.39, 0.29) is 17.3 Å². The normalized spacial score (nSPS) is 15.0. The summed E-state index contributed by atoms with van der Waals surface area (Å²) in [6.07, 6.45) is 1.58. The topological polar surface area (TPSA) is 49.8 Å². The number of allylic oxidation sites excluding steroid dienone is 1. The van der Waals surface area contributed by atoms with Gasteiger partial charge in [0.05, 0.1) is 11.1 Å². The lowest BCUT2D eigenvalue weighted by Gasteiger charge is -2.14. The van der Waals surface area contributed by atoms with Gasteiger partial charge < -0.3 is 14.7 Å². The lowest BCUT2D eigenvalue weighted by Crippen LogP contribution is -2.11. The van der Waals surface area contributed by atoms with Crippen LogP contribution in [0.1, 0.15) is 21.5 Å². The number of halogens is 2. The summed E-state index contributed by atoms with van der Waals surface area (Å²) in [5.41, 5.74) is 1.65. The zero-order valence-electron chi connectivity index (χ0n) is 13.1. The summed E-state index contributed by atoms with van der Waals surface area (Å²) in [6.45, 7) is 0.456. The smallest absolute Gasteiger partial charge is 0.231 e. The van der Waals surface area contributed by atoms with Gasteiger partial charge in [0.2, 0.25) is 5.78 Å². The van der Waals surface area contributed by atoms with Crippen molar-refractivity contribution in [3.05, 3.63) is 62.8 Å². The summed E-state index contributed by atoms with van der Waals surface area (Å²) in [4.78, 5) is 14.5. The van der Waals surface area contributed by atoms with Crippen LogP contribution in [0.4, 0.5) is 0 Å². The van der Waals surface area contributed by atoms with E-state index in [9.17, 15) is 9.90 Å². The van der Waals surface area contributed by atoms with Gasteiger partial charge >= 0.3 is 0 Å². The fraction of sp³-hybridized carbons (Fsp3) is 0.167. The molecule has 4 nitrogen and oxygen atoms in total. The molecule has 0 amide bonds. The molecule has 124 valence electrons. The van der Waals surface area contributed by atoms with Crippen LogP contribution in [0.2, 0.25) is 10.0 Å². The van der Waals surface area contributed by atoms with E-state index >= 15 is 0 Å². The molecule has 3 rings (SSSR count). The second-order valence-corrected chi connectivity index (χ2v) is 6.63. The van der Waals surface area contributed by atoms with Gasteiger partial charge in [0.15, 0.2) is 5.76 Å². The summed E-state index contributed by atoms with van der Waals surface area (Å²) in [5.74, 6) is 0.418. The number of benzene rings is 2. The Morgan fingerprint density at radius 3 is 2.62 bits per heavy atom. The van der Waals surface area contributed by atoms with Gasteiger partial charge in [0.1, 0.15) is 11.5 Å². The molecule has 0 unspecified atom stereocenters. The highest BCUT2D eigenvalue weighted by atomic mass is 35.5. The van der Waals surface area contributed by atoms with E-state index < -0.39 is 0 Å². The summed E-state index contributed by atoms with van der Waals surface area (Å²) < 4.78 is 5.75. The number of fused-ring (bicyclic) bond motifs is 1. The SMILES string of the molecule is CN(C)Cc1c(O)ccc2c1O/C(=C\c1ccc(Cl)cc1Cl)C2=O. The van der Waals surface area contributed by atoms with Gasteiger partial charge in [0.25, 0.3) is 0 Å². The Labute approximate surface area is 149 Å². The fourth-order valence-electron chi connectivity index (χ4n) is 2.53. The van der Waals surface area contributed by atoms with Crippen LogP contribution in [0, 0.1) is 0 Å². The number of phenols is 1. The molecule has 0 radical (unpaired) electrons. The average molecular weight is 364 g/mol. The second kappa shape index (κ2) is 6.48. The van der Waals surface area contributed by atoms with Crippen LogP contribution in [-0.4, -0.2) is 29.9 Å². The van der Waals surface area contributed by atoms with Crippen LogP contribution in [0.15, 0.2) is 36.1 Å². The van der Waals surface area contributed by atoms with Crippen LogP contribution in [0.3, 0.4) is 0 Å². The molecular weight excluding hydrogens is 349 g/mol. The number of carbonyl (C=O) groups excluding carboxylic acids is 1. The van der Waals surface area contributed by atoms with Gasteiger partial charge in [0, 0.05) is 16.6 Å². The molecule has 2 aromatic carbocycles. The molecule has 24 heavy (non-hydrogen) atoms. The number of rotatable bonds is 3. The van der Waals surface area contributed by atoms with Crippen molar-refractivity contribution in [1.82, 2.24) is 4.90 Å². The number of hydrogen-bond donors (Lipinski definition) is 1. The molecule has 0 aliphatic carbocycles. The van der Waals surface area contributed by atoms with Gasteiger partial charge in [-0.15, -0.1) is 0 Å². The van der Waals surface area contributed by atoms with E-state index in [0.717, 1.165) is 0 Å². The van der Waals surface area contributed by atoms with Crippen LogP contribution in [0.25, 0.3) is 6.08 Å². The first kappa shape index (κ1) is 16.8. The van der Waals surface area contributed by atoms with Gasteiger partial charge in [-0.1, -0.05) is 29.3 Å². The van der Waals surface area contributed by atoms with Crippen LogP contribution in [0.5, 0.6) is 11.5 Å². The summed E-state index contributed by atoms with van der Waals surface area (Å²) in [6, 6.07) is 8.09. The van der Waals surface area contributed by atoms with Crippen molar-refractivity contribution in [2.45, 2.75) is 6.54 Å². The van der Waals surface area contributed by atoms with E-state index in [0.29, 0.717) is 39.0 Å². The number of phenolic OH excluding ortho intramolecular Hbond substituents is 1. The number of ether oxygens (including phenoxy) is 1. The maximum absolute atomic E-state index is 12.6. The Morgan fingerprint density at radius 2 is 1.96 bits per heavy atom. The van der Waals surface area contributed by atoms with Crippen LogP contribution in [-0.2, 0) is 6.54 Å². The van der Waals surface area contributed by atoms with Crippen molar-refractivity contribution in [1.29, 1.82) is 0 Å². The van der Waals surface area contributed by atoms with Crippen molar-refractivity contribution in [3.63, 3.8) is 0 Å². The number of hydrogen-bond acceptors (Lipinski definition) is 4.